The highest BCUT2D eigenvalue weighted by atomic mass is 16.5. The van der Waals surface area contributed by atoms with Gasteiger partial charge in [-0.25, -0.2) is 4.79 Å². The number of piperidine rings is 1. The summed E-state index contributed by atoms with van der Waals surface area (Å²) in [6, 6.07) is -0.547. The van der Waals surface area contributed by atoms with Gasteiger partial charge >= 0.3 is 12.0 Å². The summed E-state index contributed by atoms with van der Waals surface area (Å²) >= 11 is 0. The molecule has 0 radical (unpaired) electrons. The van der Waals surface area contributed by atoms with Gasteiger partial charge in [0.25, 0.3) is 0 Å². The minimum absolute atomic E-state index is 0.0478. The Labute approximate surface area is 118 Å². The van der Waals surface area contributed by atoms with Crippen LogP contribution in [0.25, 0.3) is 0 Å². The normalized spacial score (nSPS) is 31.2. The molecule has 2 heterocycles. The Hall–Kier alpha value is -1.34. The van der Waals surface area contributed by atoms with Gasteiger partial charge < -0.3 is 24.7 Å². The molecule has 7 nitrogen and oxygen atoms in total. The first-order valence-electron chi connectivity index (χ1n) is 7.02. The highest BCUT2D eigenvalue weighted by Crippen LogP contribution is 2.20. The number of urea groups is 1. The Morgan fingerprint density at radius 1 is 1.35 bits per heavy atom. The molecule has 0 aromatic rings. The maximum absolute atomic E-state index is 12.5. The molecule has 2 fully saturated rings. The summed E-state index contributed by atoms with van der Waals surface area (Å²) in [5.41, 5.74) is 0. The number of aliphatic carboxylic acids is 1. The molecule has 20 heavy (non-hydrogen) atoms. The Balaban J connectivity index is 2.00. The number of aliphatic hydroxyl groups excluding tert-OH is 1. The number of carboxylic acid groups (broad SMARTS) is 1. The summed E-state index contributed by atoms with van der Waals surface area (Å²) < 4.78 is 5.27. The topological polar surface area (TPSA) is 90.3 Å². The largest absolute Gasteiger partial charge is 0.481 e. The molecule has 3 atom stereocenters. The molecule has 0 aromatic carbocycles. The number of aliphatic hydroxyl groups is 1. The number of carbonyl (C=O) groups excluding carboxylic acids is 1. The van der Waals surface area contributed by atoms with Crippen molar-refractivity contribution in [2.24, 2.45) is 5.92 Å². The summed E-state index contributed by atoms with van der Waals surface area (Å²) in [6.07, 6.45) is 0.108. The molecule has 0 aromatic heterocycles. The zero-order valence-electron chi connectivity index (χ0n) is 11.7. The fourth-order valence-corrected chi connectivity index (χ4v) is 2.77. The third-order valence-corrected chi connectivity index (χ3v) is 4.01. The van der Waals surface area contributed by atoms with Crippen molar-refractivity contribution in [2.45, 2.75) is 31.9 Å². The van der Waals surface area contributed by atoms with E-state index in [1.165, 1.54) is 0 Å². The first-order chi connectivity index (χ1) is 9.49. The van der Waals surface area contributed by atoms with Gasteiger partial charge in [-0.2, -0.15) is 0 Å². The number of morpholine rings is 1. The summed E-state index contributed by atoms with van der Waals surface area (Å²) in [5.74, 6) is -0.882. The van der Waals surface area contributed by atoms with E-state index >= 15 is 0 Å². The number of rotatable bonds is 2. The maximum atomic E-state index is 12.5. The predicted molar refractivity (Wildman–Crippen MR) is 70.3 cm³/mol. The number of hydrogen-bond acceptors (Lipinski definition) is 4. The van der Waals surface area contributed by atoms with Crippen molar-refractivity contribution in [3.8, 4) is 0 Å². The van der Waals surface area contributed by atoms with Crippen molar-refractivity contribution in [3.63, 3.8) is 0 Å². The number of nitrogens with zero attached hydrogens (tertiary/aromatic N) is 2. The molecule has 2 amide bonds. The monoisotopic (exact) mass is 286 g/mol. The Morgan fingerprint density at radius 2 is 2.10 bits per heavy atom. The molecule has 0 spiro atoms. The number of carboxylic acids is 1. The zero-order chi connectivity index (χ0) is 14.7. The second-order valence-electron chi connectivity index (χ2n) is 5.58. The Kier molecular flexibility index (Phi) is 4.82. The fraction of sp³-hybridized carbons (Fsp3) is 0.846. The van der Waals surface area contributed by atoms with Gasteiger partial charge in [0.2, 0.25) is 0 Å². The minimum Gasteiger partial charge on any atom is -0.481 e. The molecule has 2 rings (SSSR count). The van der Waals surface area contributed by atoms with E-state index in [4.69, 9.17) is 9.84 Å². The van der Waals surface area contributed by atoms with Crippen molar-refractivity contribution in [1.29, 1.82) is 0 Å². The average Bonchev–Trinajstić information content (AvgIpc) is 2.41. The molecule has 2 N–H and O–H groups in total. The molecule has 2 aliphatic heterocycles. The van der Waals surface area contributed by atoms with E-state index in [9.17, 15) is 14.7 Å². The molecule has 0 aliphatic carbocycles. The van der Waals surface area contributed by atoms with Crippen LogP contribution in [0.5, 0.6) is 0 Å². The standard InChI is InChI=1S/C13H22N2O5/c1-9-7-14(3-2-11(9)16)13(19)15-4-5-20-8-10(15)6-12(17)18/h9-11,16H,2-8H2,1H3,(H,17,18). The summed E-state index contributed by atoms with van der Waals surface area (Å²) in [7, 11) is 0. The van der Waals surface area contributed by atoms with Crippen molar-refractivity contribution in [3.05, 3.63) is 0 Å². The number of ether oxygens (including phenoxy) is 1. The van der Waals surface area contributed by atoms with Crippen LogP contribution in [0.1, 0.15) is 19.8 Å². The van der Waals surface area contributed by atoms with Crippen molar-refractivity contribution in [2.75, 3.05) is 32.8 Å². The number of likely N-dealkylation sites (tertiary alicyclic amines) is 1. The summed E-state index contributed by atoms with van der Waals surface area (Å²) in [5, 5.41) is 18.6. The van der Waals surface area contributed by atoms with Crippen molar-refractivity contribution in [1.82, 2.24) is 9.80 Å². The second kappa shape index (κ2) is 6.41. The van der Waals surface area contributed by atoms with Gasteiger partial charge in [0.05, 0.1) is 31.8 Å². The summed E-state index contributed by atoms with van der Waals surface area (Å²) in [4.78, 5) is 26.7. The number of carbonyl (C=O) groups is 2. The van der Waals surface area contributed by atoms with E-state index in [2.05, 4.69) is 0 Å². The van der Waals surface area contributed by atoms with Crippen LogP contribution in [0, 0.1) is 5.92 Å². The van der Waals surface area contributed by atoms with E-state index in [-0.39, 0.29) is 31.1 Å². The number of amides is 2. The Morgan fingerprint density at radius 3 is 2.75 bits per heavy atom. The van der Waals surface area contributed by atoms with Crippen molar-refractivity contribution >= 4 is 12.0 Å². The molecule has 7 heteroatoms. The van der Waals surface area contributed by atoms with E-state index in [1.54, 1.807) is 9.80 Å². The molecule has 3 unspecified atom stereocenters. The van der Waals surface area contributed by atoms with Crippen LogP contribution in [0.4, 0.5) is 4.79 Å². The number of hydrogen-bond donors (Lipinski definition) is 2. The highest BCUT2D eigenvalue weighted by Gasteiger charge is 2.35. The highest BCUT2D eigenvalue weighted by molar-refractivity contribution is 5.76. The lowest BCUT2D eigenvalue weighted by Crippen LogP contribution is -2.57. The molecular weight excluding hydrogens is 264 g/mol. The SMILES string of the molecule is CC1CN(C(=O)N2CCOCC2CC(=O)O)CCC1O. The van der Waals surface area contributed by atoms with Crippen LogP contribution >= 0.6 is 0 Å². The van der Waals surface area contributed by atoms with Gasteiger partial charge in [0.1, 0.15) is 0 Å². The van der Waals surface area contributed by atoms with Crippen LogP contribution < -0.4 is 0 Å². The van der Waals surface area contributed by atoms with E-state index in [0.29, 0.717) is 32.7 Å². The molecule has 114 valence electrons. The first-order valence-corrected chi connectivity index (χ1v) is 7.02. The molecule has 0 saturated carbocycles. The van der Waals surface area contributed by atoms with Gasteiger partial charge in [-0.1, -0.05) is 6.92 Å². The summed E-state index contributed by atoms with van der Waals surface area (Å²) in [6.45, 7) is 4.07. The van der Waals surface area contributed by atoms with E-state index in [1.807, 2.05) is 6.92 Å². The van der Waals surface area contributed by atoms with Crippen LogP contribution in [-0.2, 0) is 9.53 Å². The van der Waals surface area contributed by atoms with Crippen LogP contribution in [0.15, 0.2) is 0 Å². The molecule has 2 aliphatic rings. The van der Waals surface area contributed by atoms with E-state index in [0.717, 1.165) is 0 Å². The second-order valence-corrected chi connectivity index (χ2v) is 5.58. The maximum Gasteiger partial charge on any atom is 0.320 e. The van der Waals surface area contributed by atoms with Gasteiger partial charge in [0, 0.05) is 19.6 Å². The Bertz CT molecular complexity index is 376. The van der Waals surface area contributed by atoms with Gasteiger partial charge in [-0.05, 0) is 12.3 Å². The van der Waals surface area contributed by atoms with E-state index < -0.39 is 12.0 Å². The first kappa shape index (κ1) is 15.1. The smallest absolute Gasteiger partial charge is 0.320 e. The lowest BCUT2D eigenvalue weighted by molar-refractivity contribution is -0.139. The van der Waals surface area contributed by atoms with Crippen LogP contribution in [0.3, 0.4) is 0 Å². The van der Waals surface area contributed by atoms with Gasteiger partial charge in [0.15, 0.2) is 0 Å². The fourth-order valence-electron chi connectivity index (χ4n) is 2.77. The van der Waals surface area contributed by atoms with Crippen LogP contribution in [-0.4, -0.2) is 77.0 Å². The average molecular weight is 286 g/mol. The predicted octanol–water partition coefficient (Wildman–Crippen LogP) is -0.0154. The van der Waals surface area contributed by atoms with Gasteiger partial charge in [-0.15, -0.1) is 0 Å². The van der Waals surface area contributed by atoms with Gasteiger partial charge in [-0.3, -0.25) is 4.79 Å². The minimum atomic E-state index is -0.930. The lowest BCUT2D eigenvalue weighted by Gasteiger charge is -2.41. The quantitative estimate of drug-likeness (QED) is 0.745. The van der Waals surface area contributed by atoms with Crippen molar-refractivity contribution < 1.29 is 24.5 Å². The third kappa shape index (κ3) is 3.40. The molecular formula is C13H22N2O5. The van der Waals surface area contributed by atoms with Crippen LogP contribution in [0.2, 0.25) is 0 Å². The third-order valence-electron chi connectivity index (χ3n) is 4.01. The molecule has 0 bridgehead atoms. The molecule has 2 saturated heterocycles. The lowest BCUT2D eigenvalue weighted by atomic mass is 9.97. The zero-order valence-corrected chi connectivity index (χ0v) is 11.7.